The van der Waals surface area contributed by atoms with E-state index in [4.69, 9.17) is 23.2 Å². The number of rotatable bonds is 6. The number of quaternary nitrogens is 1. The smallest absolute Gasteiger partial charge is 0.279 e. The minimum absolute atomic E-state index is 0.107. The Morgan fingerprint density at radius 2 is 1.91 bits per heavy atom. The molecule has 0 aromatic heterocycles. The third-order valence-corrected chi connectivity index (χ3v) is 4.90. The minimum atomic E-state index is -0.107. The van der Waals surface area contributed by atoms with Gasteiger partial charge in [0.15, 0.2) is 6.54 Å². The molecular weight excluding hydrogens is 399 g/mol. The van der Waals surface area contributed by atoms with E-state index in [1.54, 1.807) is 18.2 Å². The zero-order valence-electron chi connectivity index (χ0n) is 12.7. The van der Waals surface area contributed by atoms with E-state index in [1.165, 1.54) is 5.56 Å². The van der Waals surface area contributed by atoms with Crippen LogP contribution in [0.15, 0.2) is 46.9 Å². The zero-order valence-corrected chi connectivity index (χ0v) is 15.8. The fourth-order valence-electron chi connectivity index (χ4n) is 2.30. The molecule has 23 heavy (non-hydrogen) atoms. The van der Waals surface area contributed by atoms with Crippen molar-refractivity contribution in [1.82, 2.24) is 0 Å². The van der Waals surface area contributed by atoms with Crippen molar-refractivity contribution in [3.63, 3.8) is 0 Å². The number of hydrogen-bond acceptors (Lipinski definition) is 1. The molecule has 3 nitrogen and oxygen atoms in total. The second-order valence-electron chi connectivity index (χ2n) is 5.16. The number of nitrogens with one attached hydrogen (secondary N) is 1. The topological polar surface area (TPSA) is 45.7 Å². The molecule has 0 aliphatic rings. The Kier molecular flexibility index (Phi) is 6.90. The average Bonchev–Trinajstić information content (AvgIpc) is 2.54. The number of amides is 1. The highest BCUT2D eigenvalue weighted by atomic mass is 79.9. The standard InChI is InChI=1S/C17H17BrCl2N2O/c1-2-14(11-6-8-12(18)9-7-11)21-10-16(23)22-15-5-3-4-13(19)17(15)20/h3-9,14,21H,2,10H2,1H3,(H,22,23)/p+1/t14-/m0/s1. The maximum atomic E-state index is 12.1. The van der Waals surface area contributed by atoms with Crippen LogP contribution in [0.5, 0.6) is 0 Å². The van der Waals surface area contributed by atoms with E-state index in [-0.39, 0.29) is 11.9 Å². The summed E-state index contributed by atoms with van der Waals surface area (Å²) in [5.74, 6) is -0.107. The molecule has 0 radical (unpaired) electrons. The highest BCUT2D eigenvalue weighted by Crippen LogP contribution is 2.29. The molecular formula is C17H18BrCl2N2O+. The van der Waals surface area contributed by atoms with Crippen molar-refractivity contribution >= 4 is 50.7 Å². The van der Waals surface area contributed by atoms with Gasteiger partial charge in [-0.2, -0.15) is 0 Å². The van der Waals surface area contributed by atoms with Gasteiger partial charge in [0.05, 0.1) is 15.7 Å². The summed E-state index contributed by atoms with van der Waals surface area (Å²) in [5, 5.41) is 5.61. The van der Waals surface area contributed by atoms with E-state index in [2.05, 4.69) is 40.3 Å². The number of carbonyl (C=O) groups is 1. The van der Waals surface area contributed by atoms with Gasteiger partial charge < -0.3 is 10.6 Å². The van der Waals surface area contributed by atoms with Gasteiger partial charge in [-0.25, -0.2) is 0 Å². The lowest BCUT2D eigenvalue weighted by Gasteiger charge is -2.14. The molecule has 0 saturated carbocycles. The quantitative estimate of drug-likeness (QED) is 0.719. The Bertz CT molecular complexity index is 677. The Labute approximate surface area is 154 Å². The Hall–Kier alpha value is -1.07. The Morgan fingerprint density at radius 1 is 1.22 bits per heavy atom. The maximum absolute atomic E-state index is 12.1. The lowest BCUT2D eigenvalue weighted by atomic mass is 10.0. The molecule has 3 N–H and O–H groups in total. The van der Waals surface area contributed by atoms with Gasteiger partial charge in [0, 0.05) is 16.5 Å². The highest BCUT2D eigenvalue weighted by Gasteiger charge is 2.15. The van der Waals surface area contributed by atoms with Crippen LogP contribution in [0.25, 0.3) is 0 Å². The van der Waals surface area contributed by atoms with Gasteiger partial charge in [0.2, 0.25) is 0 Å². The number of anilines is 1. The van der Waals surface area contributed by atoms with Gasteiger partial charge in [-0.1, -0.05) is 64.3 Å². The van der Waals surface area contributed by atoms with Crippen molar-refractivity contribution in [3.8, 4) is 0 Å². The molecule has 1 atom stereocenters. The van der Waals surface area contributed by atoms with Crippen molar-refractivity contribution in [1.29, 1.82) is 0 Å². The van der Waals surface area contributed by atoms with Crippen LogP contribution in [-0.4, -0.2) is 12.5 Å². The predicted octanol–water partition coefficient (Wildman–Crippen LogP) is 4.41. The van der Waals surface area contributed by atoms with Crippen LogP contribution in [0.4, 0.5) is 5.69 Å². The largest absolute Gasteiger partial charge is 0.332 e. The van der Waals surface area contributed by atoms with E-state index in [0.717, 1.165) is 10.9 Å². The second-order valence-corrected chi connectivity index (χ2v) is 6.86. The lowest BCUT2D eigenvalue weighted by Crippen LogP contribution is -2.87. The number of hydrogen-bond donors (Lipinski definition) is 2. The monoisotopic (exact) mass is 415 g/mol. The first-order valence-electron chi connectivity index (χ1n) is 7.34. The fourth-order valence-corrected chi connectivity index (χ4v) is 2.91. The summed E-state index contributed by atoms with van der Waals surface area (Å²) in [4.78, 5) is 12.1. The van der Waals surface area contributed by atoms with Gasteiger partial charge in [-0.3, -0.25) is 4.79 Å². The van der Waals surface area contributed by atoms with Crippen LogP contribution in [0.1, 0.15) is 24.9 Å². The molecule has 2 aromatic rings. The molecule has 6 heteroatoms. The van der Waals surface area contributed by atoms with Gasteiger partial charge in [0.1, 0.15) is 6.04 Å². The Balaban J connectivity index is 1.94. The van der Waals surface area contributed by atoms with Crippen molar-refractivity contribution in [2.24, 2.45) is 0 Å². The maximum Gasteiger partial charge on any atom is 0.279 e. The van der Waals surface area contributed by atoms with Gasteiger partial charge in [-0.15, -0.1) is 0 Å². The molecule has 0 spiro atoms. The predicted molar refractivity (Wildman–Crippen MR) is 99.1 cm³/mol. The molecule has 0 bridgehead atoms. The molecule has 0 fully saturated rings. The average molecular weight is 417 g/mol. The summed E-state index contributed by atoms with van der Waals surface area (Å²) in [7, 11) is 0. The molecule has 2 aromatic carbocycles. The summed E-state index contributed by atoms with van der Waals surface area (Å²) in [6.07, 6.45) is 0.937. The van der Waals surface area contributed by atoms with Crippen LogP contribution in [0, 0.1) is 0 Å². The van der Waals surface area contributed by atoms with Crippen molar-refractivity contribution in [2.75, 3.05) is 11.9 Å². The first kappa shape index (κ1) is 18.3. The third-order valence-electron chi connectivity index (χ3n) is 3.55. The van der Waals surface area contributed by atoms with E-state index in [0.29, 0.717) is 22.3 Å². The fraction of sp³-hybridized carbons (Fsp3) is 0.235. The summed E-state index contributed by atoms with van der Waals surface area (Å²) in [6, 6.07) is 13.6. The molecule has 0 saturated heterocycles. The second kappa shape index (κ2) is 8.69. The summed E-state index contributed by atoms with van der Waals surface area (Å²) in [5.41, 5.74) is 1.73. The zero-order chi connectivity index (χ0) is 16.8. The van der Waals surface area contributed by atoms with Crippen LogP contribution in [0.2, 0.25) is 10.0 Å². The minimum Gasteiger partial charge on any atom is -0.332 e. The highest BCUT2D eigenvalue weighted by molar-refractivity contribution is 9.10. The van der Waals surface area contributed by atoms with Crippen molar-refractivity contribution in [2.45, 2.75) is 19.4 Å². The normalized spacial score (nSPS) is 12.0. The summed E-state index contributed by atoms with van der Waals surface area (Å²) in [6.45, 7) is 2.42. The molecule has 0 unspecified atom stereocenters. The first-order chi connectivity index (χ1) is 11.0. The van der Waals surface area contributed by atoms with Crippen LogP contribution in [0.3, 0.4) is 0 Å². The van der Waals surface area contributed by atoms with Gasteiger partial charge >= 0.3 is 0 Å². The number of halogens is 3. The van der Waals surface area contributed by atoms with Crippen molar-refractivity contribution in [3.05, 3.63) is 62.5 Å². The molecule has 0 heterocycles. The van der Waals surface area contributed by atoms with Crippen molar-refractivity contribution < 1.29 is 10.1 Å². The van der Waals surface area contributed by atoms with E-state index in [9.17, 15) is 4.79 Å². The third kappa shape index (κ3) is 5.21. The van der Waals surface area contributed by atoms with Crippen LogP contribution >= 0.6 is 39.1 Å². The summed E-state index contributed by atoms with van der Waals surface area (Å²) >= 11 is 15.5. The van der Waals surface area contributed by atoms with E-state index < -0.39 is 0 Å². The number of nitrogens with two attached hydrogens (primary N) is 1. The molecule has 122 valence electrons. The number of carbonyl (C=O) groups excluding carboxylic acids is 1. The Morgan fingerprint density at radius 3 is 2.57 bits per heavy atom. The van der Waals surface area contributed by atoms with E-state index in [1.807, 2.05) is 17.4 Å². The van der Waals surface area contributed by atoms with Crippen LogP contribution in [-0.2, 0) is 4.79 Å². The lowest BCUT2D eigenvalue weighted by molar-refractivity contribution is -0.686. The van der Waals surface area contributed by atoms with E-state index >= 15 is 0 Å². The number of benzene rings is 2. The molecule has 2 rings (SSSR count). The molecule has 0 aliphatic carbocycles. The SMILES string of the molecule is CC[C@H]([NH2+]CC(=O)Nc1cccc(Cl)c1Cl)c1ccc(Br)cc1. The molecule has 1 amide bonds. The van der Waals surface area contributed by atoms with Gasteiger partial charge in [-0.05, 0) is 24.3 Å². The first-order valence-corrected chi connectivity index (χ1v) is 8.88. The molecule has 0 aliphatic heterocycles. The van der Waals surface area contributed by atoms with Crippen LogP contribution < -0.4 is 10.6 Å². The van der Waals surface area contributed by atoms with Gasteiger partial charge in [0.25, 0.3) is 5.91 Å². The summed E-state index contributed by atoms with van der Waals surface area (Å²) < 4.78 is 1.05.